The molecule has 0 saturated carbocycles. The van der Waals surface area contributed by atoms with Crippen molar-refractivity contribution in [2.45, 2.75) is 32.1 Å². The van der Waals surface area contributed by atoms with Gasteiger partial charge < -0.3 is 0 Å². The van der Waals surface area contributed by atoms with Gasteiger partial charge in [-0.3, -0.25) is 0 Å². The molecule has 1 unspecified atom stereocenters. The summed E-state index contributed by atoms with van der Waals surface area (Å²) in [5.74, 6) is 0. The van der Waals surface area contributed by atoms with Crippen LogP contribution in [0.2, 0.25) is 0 Å². The zero-order valence-corrected chi connectivity index (χ0v) is 10.7. The molecule has 0 spiro atoms. The van der Waals surface area contributed by atoms with Crippen molar-refractivity contribution in [1.29, 1.82) is 0 Å². The molecule has 0 amide bonds. The van der Waals surface area contributed by atoms with E-state index in [1.54, 1.807) is 0 Å². The van der Waals surface area contributed by atoms with E-state index in [0.717, 1.165) is 12.8 Å². The van der Waals surface area contributed by atoms with Crippen molar-refractivity contribution < 1.29 is 0 Å². The standard InChI is InChI=1S/C17H20/c1-14(2)17(3,15-10-6-4-7-11-15)16-12-8-5-9-13-16/h4,6-8,10-13H,1,5,9H2,2-3H3. The van der Waals surface area contributed by atoms with Crippen molar-refractivity contribution in [3.8, 4) is 0 Å². The van der Waals surface area contributed by atoms with Crippen LogP contribution < -0.4 is 0 Å². The molecule has 0 saturated heterocycles. The van der Waals surface area contributed by atoms with E-state index in [4.69, 9.17) is 0 Å². The number of benzene rings is 1. The largest absolute Gasteiger partial charge is 0.0989 e. The molecule has 1 aromatic carbocycles. The van der Waals surface area contributed by atoms with Crippen molar-refractivity contribution in [2.75, 3.05) is 0 Å². The summed E-state index contributed by atoms with van der Waals surface area (Å²) in [6, 6.07) is 10.6. The van der Waals surface area contributed by atoms with Crippen LogP contribution in [0.3, 0.4) is 0 Å². The first-order valence-corrected chi connectivity index (χ1v) is 6.24. The van der Waals surface area contributed by atoms with Crippen LogP contribution in [0.25, 0.3) is 0 Å². The zero-order valence-electron chi connectivity index (χ0n) is 10.7. The molecule has 1 aromatic rings. The van der Waals surface area contributed by atoms with E-state index in [1.165, 1.54) is 16.7 Å². The van der Waals surface area contributed by atoms with Crippen LogP contribution in [0.4, 0.5) is 0 Å². The van der Waals surface area contributed by atoms with Gasteiger partial charge in [0.1, 0.15) is 0 Å². The van der Waals surface area contributed by atoms with E-state index in [1.807, 2.05) is 0 Å². The topological polar surface area (TPSA) is 0 Å². The maximum Gasteiger partial charge on any atom is 0.0374 e. The monoisotopic (exact) mass is 224 g/mol. The van der Waals surface area contributed by atoms with Crippen molar-refractivity contribution in [1.82, 2.24) is 0 Å². The molecule has 1 atom stereocenters. The van der Waals surface area contributed by atoms with Crippen LogP contribution in [-0.2, 0) is 5.41 Å². The highest BCUT2D eigenvalue weighted by molar-refractivity contribution is 5.49. The molecule has 1 aliphatic carbocycles. The Bertz CT molecular complexity index is 462. The Labute approximate surface area is 104 Å². The highest BCUT2D eigenvalue weighted by Crippen LogP contribution is 2.39. The third kappa shape index (κ3) is 2.12. The first kappa shape index (κ1) is 11.9. The van der Waals surface area contributed by atoms with Crippen LogP contribution in [-0.4, -0.2) is 0 Å². The predicted octanol–water partition coefficient (Wildman–Crippen LogP) is 4.80. The minimum atomic E-state index is -0.0574. The maximum atomic E-state index is 4.20. The molecule has 0 heteroatoms. The molecule has 0 N–H and O–H groups in total. The van der Waals surface area contributed by atoms with E-state index < -0.39 is 0 Å². The van der Waals surface area contributed by atoms with Gasteiger partial charge in [-0.25, -0.2) is 0 Å². The summed E-state index contributed by atoms with van der Waals surface area (Å²) >= 11 is 0. The number of hydrogen-bond acceptors (Lipinski definition) is 0. The first-order valence-electron chi connectivity index (χ1n) is 6.24. The lowest BCUT2D eigenvalue weighted by atomic mass is 9.70. The SMILES string of the molecule is C=C(C)C(C)(C1=CCCC=C1)c1ccccc1. The maximum absolute atomic E-state index is 4.20. The van der Waals surface area contributed by atoms with Gasteiger partial charge in [0.05, 0.1) is 0 Å². The Morgan fingerprint density at radius 2 is 1.88 bits per heavy atom. The Kier molecular flexibility index (Phi) is 3.33. The molecule has 0 fully saturated rings. The predicted molar refractivity (Wildman–Crippen MR) is 75.1 cm³/mol. The fraction of sp³-hybridized carbons (Fsp3) is 0.294. The van der Waals surface area contributed by atoms with Gasteiger partial charge in [0.2, 0.25) is 0 Å². The van der Waals surface area contributed by atoms with Gasteiger partial charge in [-0.05, 0) is 37.8 Å². The molecule has 2 rings (SSSR count). The first-order chi connectivity index (χ1) is 8.15. The minimum absolute atomic E-state index is 0.0574. The summed E-state index contributed by atoms with van der Waals surface area (Å²) < 4.78 is 0. The van der Waals surface area contributed by atoms with Gasteiger partial charge in [-0.15, -0.1) is 0 Å². The fourth-order valence-corrected chi connectivity index (χ4v) is 2.42. The Morgan fingerprint density at radius 1 is 1.18 bits per heavy atom. The molecule has 1 aliphatic rings. The van der Waals surface area contributed by atoms with Gasteiger partial charge in [0.25, 0.3) is 0 Å². The van der Waals surface area contributed by atoms with Crippen LogP contribution in [0.5, 0.6) is 0 Å². The van der Waals surface area contributed by atoms with Crippen molar-refractivity contribution in [2.24, 2.45) is 0 Å². The summed E-state index contributed by atoms with van der Waals surface area (Å²) in [6.07, 6.45) is 9.17. The summed E-state index contributed by atoms with van der Waals surface area (Å²) in [7, 11) is 0. The van der Waals surface area contributed by atoms with Crippen LogP contribution in [0.15, 0.2) is 66.3 Å². The zero-order chi connectivity index (χ0) is 12.3. The third-order valence-electron chi connectivity index (χ3n) is 3.78. The smallest absolute Gasteiger partial charge is 0.0374 e. The average Bonchev–Trinajstić information content (AvgIpc) is 2.39. The van der Waals surface area contributed by atoms with Gasteiger partial charge in [-0.2, -0.15) is 0 Å². The second-order valence-electron chi connectivity index (χ2n) is 4.91. The summed E-state index contributed by atoms with van der Waals surface area (Å²) in [5.41, 5.74) is 3.84. The lowest BCUT2D eigenvalue weighted by Crippen LogP contribution is -2.25. The average molecular weight is 224 g/mol. The van der Waals surface area contributed by atoms with Crippen LogP contribution in [0, 0.1) is 0 Å². The van der Waals surface area contributed by atoms with Gasteiger partial charge in [0.15, 0.2) is 0 Å². The van der Waals surface area contributed by atoms with Gasteiger partial charge in [0, 0.05) is 5.41 Å². The van der Waals surface area contributed by atoms with Crippen molar-refractivity contribution in [3.05, 3.63) is 71.8 Å². The summed E-state index contributed by atoms with van der Waals surface area (Å²) in [5, 5.41) is 0. The molecule has 0 nitrogen and oxygen atoms in total. The summed E-state index contributed by atoms with van der Waals surface area (Å²) in [6.45, 7) is 8.60. The summed E-state index contributed by atoms with van der Waals surface area (Å²) in [4.78, 5) is 0. The van der Waals surface area contributed by atoms with Crippen LogP contribution in [0.1, 0.15) is 32.3 Å². The second-order valence-corrected chi connectivity index (χ2v) is 4.91. The third-order valence-corrected chi connectivity index (χ3v) is 3.78. The van der Waals surface area contributed by atoms with E-state index in [0.29, 0.717) is 0 Å². The van der Waals surface area contributed by atoms with E-state index >= 15 is 0 Å². The lowest BCUT2D eigenvalue weighted by molar-refractivity contribution is 0.666. The Balaban J connectivity index is 2.50. The normalized spacial score (nSPS) is 18.4. The molecule has 0 bridgehead atoms. The fourth-order valence-electron chi connectivity index (χ4n) is 2.42. The highest BCUT2D eigenvalue weighted by atomic mass is 14.3. The van der Waals surface area contributed by atoms with Crippen molar-refractivity contribution >= 4 is 0 Å². The van der Waals surface area contributed by atoms with Gasteiger partial charge in [-0.1, -0.05) is 60.7 Å². The molecule has 0 aliphatic heterocycles. The molecule has 17 heavy (non-hydrogen) atoms. The molecule has 0 heterocycles. The Hall–Kier alpha value is -1.56. The number of allylic oxidation sites excluding steroid dienone is 5. The quantitative estimate of drug-likeness (QED) is 0.647. The molecule has 88 valence electrons. The second kappa shape index (κ2) is 4.75. The molecular weight excluding hydrogens is 204 g/mol. The minimum Gasteiger partial charge on any atom is -0.0989 e. The lowest BCUT2D eigenvalue weighted by Gasteiger charge is -2.33. The van der Waals surface area contributed by atoms with E-state index in [-0.39, 0.29) is 5.41 Å². The Morgan fingerprint density at radius 3 is 2.41 bits per heavy atom. The van der Waals surface area contributed by atoms with Gasteiger partial charge >= 0.3 is 0 Å². The molecule has 0 aromatic heterocycles. The van der Waals surface area contributed by atoms with E-state index in [9.17, 15) is 0 Å². The molecular formula is C17H20. The van der Waals surface area contributed by atoms with E-state index in [2.05, 4.69) is 69.0 Å². The molecule has 0 radical (unpaired) electrons. The van der Waals surface area contributed by atoms with Crippen molar-refractivity contribution in [3.63, 3.8) is 0 Å². The number of rotatable bonds is 3. The number of hydrogen-bond donors (Lipinski definition) is 0. The highest BCUT2D eigenvalue weighted by Gasteiger charge is 2.30. The van der Waals surface area contributed by atoms with Crippen LogP contribution >= 0.6 is 0 Å².